The molecule has 0 aromatic carbocycles. The van der Waals surface area contributed by atoms with E-state index in [-0.39, 0.29) is 6.10 Å². The molecule has 0 saturated carbocycles. The van der Waals surface area contributed by atoms with Gasteiger partial charge < -0.3 is 4.43 Å². The first kappa shape index (κ1) is 11.2. The lowest BCUT2D eigenvalue weighted by atomic mass is 10.4. The summed E-state index contributed by atoms with van der Waals surface area (Å²) >= 11 is 0. The van der Waals surface area contributed by atoms with E-state index in [2.05, 4.69) is 26.9 Å². The first-order chi connectivity index (χ1) is 4.98. The first-order valence-electron chi connectivity index (χ1n) is 4.49. The van der Waals surface area contributed by atoms with E-state index in [1.54, 1.807) is 0 Å². The maximum Gasteiger partial charge on any atom is 0.187 e. The van der Waals surface area contributed by atoms with Gasteiger partial charge in [0.25, 0.3) is 0 Å². The molecule has 1 unspecified atom stereocenters. The van der Waals surface area contributed by atoms with Crippen molar-refractivity contribution < 1.29 is 4.43 Å². The summed E-state index contributed by atoms with van der Waals surface area (Å²) in [5.41, 5.74) is 0. The van der Waals surface area contributed by atoms with Crippen molar-refractivity contribution in [3.63, 3.8) is 0 Å². The highest BCUT2D eigenvalue weighted by Gasteiger charge is 2.22. The molecule has 0 saturated heterocycles. The second-order valence-corrected chi connectivity index (χ2v) is 8.05. The lowest BCUT2D eigenvalue weighted by Crippen LogP contribution is -2.33. The van der Waals surface area contributed by atoms with E-state index in [1.807, 2.05) is 6.92 Å². The minimum atomic E-state index is -1.35. The van der Waals surface area contributed by atoms with Crippen molar-refractivity contribution in [3.05, 3.63) is 6.92 Å². The van der Waals surface area contributed by atoms with Crippen LogP contribution in [0.25, 0.3) is 0 Å². The summed E-state index contributed by atoms with van der Waals surface area (Å²) in [7, 11) is -1.35. The van der Waals surface area contributed by atoms with Crippen LogP contribution in [-0.2, 0) is 4.43 Å². The molecular weight excluding hydrogens is 152 g/mol. The van der Waals surface area contributed by atoms with Crippen molar-refractivity contribution in [2.24, 2.45) is 0 Å². The average molecular weight is 173 g/mol. The molecule has 0 N–H and O–H groups in total. The average Bonchev–Trinajstić information content (AvgIpc) is 1.81. The Kier molecular flexibility index (Phi) is 5.02. The predicted molar refractivity (Wildman–Crippen MR) is 53.1 cm³/mol. The Morgan fingerprint density at radius 2 is 2.00 bits per heavy atom. The summed E-state index contributed by atoms with van der Waals surface area (Å²) in [4.78, 5) is 0. The molecule has 0 bridgehead atoms. The van der Waals surface area contributed by atoms with Gasteiger partial charge in [-0.15, -0.1) is 0 Å². The predicted octanol–water partition coefficient (Wildman–Crippen LogP) is 3.23. The monoisotopic (exact) mass is 173 g/mol. The van der Waals surface area contributed by atoms with Crippen LogP contribution in [0.15, 0.2) is 0 Å². The van der Waals surface area contributed by atoms with E-state index >= 15 is 0 Å². The SMILES string of the molecule is [CH2]C(C)O[Si](C)(C)CCCC. The molecule has 0 amide bonds. The number of unbranched alkanes of at least 4 members (excludes halogenated alkanes) is 1. The molecule has 1 nitrogen and oxygen atoms in total. The van der Waals surface area contributed by atoms with Crippen LogP contribution >= 0.6 is 0 Å². The van der Waals surface area contributed by atoms with Gasteiger partial charge in [0, 0.05) is 6.10 Å². The zero-order valence-electron chi connectivity index (χ0n) is 8.31. The first-order valence-corrected chi connectivity index (χ1v) is 7.60. The van der Waals surface area contributed by atoms with Gasteiger partial charge in [0.05, 0.1) is 0 Å². The summed E-state index contributed by atoms with van der Waals surface area (Å²) in [6.07, 6.45) is 2.73. The fourth-order valence-electron chi connectivity index (χ4n) is 1.21. The molecule has 1 radical (unpaired) electrons. The molecule has 0 spiro atoms. The summed E-state index contributed by atoms with van der Waals surface area (Å²) in [6, 6.07) is 1.27. The van der Waals surface area contributed by atoms with Crippen molar-refractivity contribution in [2.45, 2.75) is 51.9 Å². The Hall–Kier alpha value is 0.177. The third-order valence-electron chi connectivity index (χ3n) is 1.65. The zero-order valence-corrected chi connectivity index (χ0v) is 9.31. The topological polar surface area (TPSA) is 9.23 Å². The quantitative estimate of drug-likeness (QED) is 0.580. The molecule has 0 fully saturated rings. The highest BCUT2D eigenvalue weighted by molar-refractivity contribution is 6.71. The molecule has 1 atom stereocenters. The van der Waals surface area contributed by atoms with Crippen LogP contribution < -0.4 is 0 Å². The van der Waals surface area contributed by atoms with Gasteiger partial charge in [-0.2, -0.15) is 0 Å². The van der Waals surface area contributed by atoms with E-state index in [9.17, 15) is 0 Å². The molecule has 2 heteroatoms. The molecule has 11 heavy (non-hydrogen) atoms. The van der Waals surface area contributed by atoms with E-state index in [1.165, 1.54) is 18.9 Å². The minimum absolute atomic E-state index is 0.161. The Morgan fingerprint density at radius 3 is 2.36 bits per heavy atom. The third kappa shape index (κ3) is 6.57. The number of hydrogen-bond acceptors (Lipinski definition) is 1. The van der Waals surface area contributed by atoms with Crippen molar-refractivity contribution in [1.29, 1.82) is 0 Å². The van der Waals surface area contributed by atoms with Crippen LogP contribution in [0.5, 0.6) is 0 Å². The van der Waals surface area contributed by atoms with Gasteiger partial charge >= 0.3 is 0 Å². The summed E-state index contributed by atoms with van der Waals surface area (Å²) in [5.74, 6) is 0. The summed E-state index contributed by atoms with van der Waals surface area (Å²) in [5, 5.41) is 0. The van der Waals surface area contributed by atoms with Gasteiger partial charge in [0.1, 0.15) is 0 Å². The Bertz CT molecular complexity index is 99.7. The molecule has 0 aliphatic rings. The molecular formula is C9H21OSi. The maximum atomic E-state index is 5.77. The highest BCUT2D eigenvalue weighted by atomic mass is 28.4. The Labute approximate surface area is 72.3 Å². The van der Waals surface area contributed by atoms with Crippen LogP contribution in [0.3, 0.4) is 0 Å². The summed E-state index contributed by atoms with van der Waals surface area (Å²) < 4.78 is 5.77. The molecule has 0 heterocycles. The fourth-order valence-corrected chi connectivity index (χ4v) is 3.62. The molecule has 0 aliphatic heterocycles. The zero-order chi connectivity index (χ0) is 8.91. The van der Waals surface area contributed by atoms with E-state index in [0.29, 0.717) is 0 Å². The molecule has 0 aliphatic carbocycles. The third-order valence-corrected chi connectivity index (χ3v) is 4.25. The Balaban J connectivity index is 3.61. The smallest absolute Gasteiger partial charge is 0.187 e. The number of rotatable bonds is 5. The number of hydrogen-bond donors (Lipinski definition) is 0. The van der Waals surface area contributed by atoms with Crippen molar-refractivity contribution in [3.8, 4) is 0 Å². The van der Waals surface area contributed by atoms with E-state index in [4.69, 9.17) is 4.43 Å². The van der Waals surface area contributed by atoms with Crippen molar-refractivity contribution in [2.75, 3.05) is 0 Å². The summed E-state index contributed by atoms with van der Waals surface area (Å²) in [6.45, 7) is 12.6. The largest absolute Gasteiger partial charge is 0.415 e. The maximum absolute atomic E-state index is 5.77. The van der Waals surface area contributed by atoms with Gasteiger partial charge in [-0.25, -0.2) is 0 Å². The van der Waals surface area contributed by atoms with Crippen molar-refractivity contribution >= 4 is 8.32 Å². The Morgan fingerprint density at radius 1 is 1.45 bits per heavy atom. The fraction of sp³-hybridized carbons (Fsp3) is 0.889. The molecule has 0 aromatic heterocycles. The van der Waals surface area contributed by atoms with E-state index in [0.717, 1.165) is 0 Å². The van der Waals surface area contributed by atoms with Crippen LogP contribution in [0.1, 0.15) is 26.7 Å². The van der Waals surface area contributed by atoms with Crippen LogP contribution in [0.2, 0.25) is 19.1 Å². The van der Waals surface area contributed by atoms with E-state index < -0.39 is 8.32 Å². The van der Waals surface area contributed by atoms with Gasteiger partial charge in [-0.1, -0.05) is 19.8 Å². The normalized spacial score (nSPS) is 12.5. The minimum Gasteiger partial charge on any atom is -0.415 e. The molecule has 0 rings (SSSR count). The van der Waals surface area contributed by atoms with Gasteiger partial charge in [0.2, 0.25) is 0 Å². The van der Waals surface area contributed by atoms with Crippen molar-refractivity contribution in [1.82, 2.24) is 0 Å². The lowest BCUT2D eigenvalue weighted by molar-refractivity contribution is 0.255. The van der Waals surface area contributed by atoms with Crippen LogP contribution in [0, 0.1) is 6.92 Å². The second kappa shape index (κ2) is 4.94. The standard InChI is InChI=1S/C9H21OSi/c1-6-7-8-11(4,5)10-9(2)3/h9H,2,6-8H2,1,3-5H3. The molecule has 67 valence electrons. The van der Waals surface area contributed by atoms with Gasteiger partial charge in [-0.05, 0) is 33.0 Å². The molecule has 0 aromatic rings. The van der Waals surface area contributed by atoms with Crippen LogP contribution in [-0.4, -0.2) is 14.4 Å². The highest BCUT2D eigenvalue weighted by Crippen LogP contribution is 2.16. The van der Waals surface area contributed by atoms with Crippen LogP contribution in [0.4, 0.5) is 0 Å². The lowest BCUT2D eigenvalue weighted by Gasteiger charge is -2.25. The van der Waals surface area contributed by atoms with Gasteiger partial charge in [0.15, 0.2) is 8.32 Å². The van der Waals surface area contributed by atoms with Gasteiger partial charge in [-0.3, -0.25) is 0 Å². The second-order valence-electron chi connectivity index (χ2n) is 3.79.